The van der Waals surface area contributed by atoms with Crippen LogP contribution >= 0.6 is 0 Å². The fourth-order valence-electron chi connectivity index (χ4n) is 3.26. The first-order chi connectivity index (χ1) is 13.2. The average Bonchev–Trinajstić information content (AvgIpc) is 3.25. The van der Waals surface area contributed by atoms with Crippen molar-refractivity contribution in [2.45, 2.75) is 38.8 Å². The molecule has 3 rings (SSSR count). The molecule has 2 aromatic rings. The minimum absolute atomic E-state index is 0.107. The summed E-state index contributed by atoms with van der Waals surface area (Å²) >= 11 is 0. The molecule has 0 aromatic heterocycles. The number of amides is 1. The lowest BCUT2D eigenvalue weighted by molar-refractivity contribution is -0.128. The number of carbonyl (C=O) groups is 1. The van der Waals surface area contributed by atoms with Crippen LogP contribution in [0.15, 0.2) is 48.5 Å². The van der Waals surface area contributed by atoms with Crippen LogP contribution in [0, 0.1) is 0 Å². The van der Waals surface area contributed by atoms with Crippen molar-refractivity contribution >= 4 is 11.6 Å². The molecular weight excluding hydrogens is 340 g/mol. The van der Waals surface area contributed by atoms with Crippen molar-refractivity contribution in [1.29, 1.82) is 0 Å². The zero-order valence-electron chi connectivity index (χ0n) is 16.1. The van der Waals surface area contributed by atoms with E-state index in [0.29, 0.717) is 24.5 Å². The Morgan fingerprint density at radius 2 is 1.81 bits per heavy atom. The molecule has 144 valence electrons. The van der Waals surface area contributed by atoms with E-state index in [4.69, 9.17) is 9.47 Å². The Morgan fingerprint density at radius 3 is 2.48 bits per heavy atom. The van der Waals surface area contributed by atoms with E-state index < -0.39 is 6.10 Å². The molecular formula is C22H28N2O3. The molecule has 1 atom stereocenters. The first-order valence-electron chi connectivity index (χ1n) is 9.62. The fraction of sp³-hybridized carbons (Fsp3) is 0.409. The maximum Gasteiger partial charge on any atom is 0.261 e. The van der Waals surface area contributed by atoms with E-state index in [2.05, 4.69) is 34.5 Å². The van der Waals surface area contributed by atoms with Gasteiger partial charge in [-0.25, -0.2) is 0 Å². The van der Waals surface area contributed by atoms with Gasteiger partial charge in [-0.05, 0) is 49.1 Å². The van der Waals surface area contributed by atoms with Gasteiger partial charge in [-0.2, -0.15) is 0 Å². The molecule has 0 saturated carbocycles. The summed E-state index contributed by atoms with van der Waals surface area (Å²) in [7, 11) is 1.61. The van der Waals surface area contributed by atoms with E-state index in [-0.39, 0.29) is 5.91 Å². The van der Waals surface area contributed by atoms with Gasteiger partial charge in [0.1, 0.15) is 11.5 Å². The van der Waals surface area contributed by atoms with Gasteiger partial charge in [-0.1, -0.05) is 25.1 Å². The molecule has 1 saturated heterocycles. The summed E-state index contributed by atoms with van der Waals surface area (Å²) < 4.78 is 11.0. The number of nitrogens with zero attached hydrogens (tertiary/aromatic N) is 1. The summed E-state index contributed by atoms with van der Waals surface area (Å²) in [5, 5.41) is 2.98. The summed E-state index contributed by atoms with van der Waals surface area (Å²) in [6.07, 6.45) is 2.60. The second-order valence-corrected chi connectivity index (χ2v) is 6.77. The summed E-state index contributed by atoms with van der Waals surface area (Å²) in [4.78, 5) is 14.9. The maximum atomic E-state index is 12.5. The Labute approximate surface area is 161 Å². The monoisotopic (exact) mass is 368 g/mol. The predicted molar refractivity (Wildman–Crippen MR) is 107 cm³/mol. The lowest BCUT2D eigenvalue weighted by Gasteiger charge is -2.19. The van der Waals surface area contributed by atoms with Crippen molar-refractivity contribution in [1.82, 2.24) is 5.32 Å². The molecule has 0 radical (unpaired) electrons. The van der Waals surface area contributed by atoms with Gasteiger partial charge in [0.15, 0.2) is 6.10 Å². The zero-order valence-corrected chi connectivity index (χ0v) is 16.1. The van der Waals surface area contributed by atoms with Gasteiger partial charge >= 0.3 is 0 Å². The van der Waals surface area contributed by atoms with Crippen molar-refractivity contribution < 1.29 is 14.3 Å². The Balaban J connectivity index is 1.53. The summed E-state index contributed by atoms with van der Waals surface area (Å²) in [5.41, 5.74) is 2.35. The highest BCUT2D eigenvalue weighted by atomic mass is 16.5. The van der Waals surface area contributed by atoms with E-state index in [0.717, 1.165) is 18.7 Å². The lowest BCUT2D eigenvalue weighted by atomic mass is 10.2. The van der Waals surface area contributed by atoms with Gasteiger partial charge in [-0.3, -0.25) is 4.79 Å². The highest BCUT2D eigenvalue weighted by molar-refractivity contribution is 5.81. The van der Waals surface area contributed by atoms with Crippen LogP contribution in [0.1, 0.15) is 31.7 Å². The smallest absolute Gasteiger partial charge is 0.261 e. The van der Waals surface area contributed by atoms with Crippen LogP contribution < -0.4 is 19.7 Å². The van der Waals surface area contributed by atoms with E-state index in [1.54, 1.807) is 13.2 Å². The third-order valence-corrected chi connectivity index (χ3v) is 4.86. The number of hydrogen-bond donors (Lipinski definition) is 1. The molecule has 5 heteroatoms. The highest BCUT2D eigenvalue weighted by Crippen LogP contribution is 2.22. The Kier molecular flexibility index (Phi) is 6.58. The fourth-order valence-corrected chi connectivity index (χ4v) is 3.26. The summed E-state index contributed by atoms with van der Waals surface area (Å²) in [6, 6.07) is 15.7. The van der Waals surface area contributed by atoms with Crippen LogP contribution in [0.25, 0.3) is 0 Å². The number of rotatable bonds is 8. The largest absolute Gasteiger partial charge is 0.497 e. The third kappa shape index (κ3) is 5.16. The van der Waals surface area contributed by atoms with Crippen molar-refractivity contribution in [3.63, 3.8) is 0 Å². The minimum Gasteiger partial charge on any atom is -0.497 e. The standard InChI is InChI=1S/C22H28N2O3/c1-3-21(27-20-8-6-7-19(15-20)26-2)22(25)23-16-17-9-11-18(12-10-17)24-13-4-5-14-24/h6-12,15,21H,3-5,13-14,16H2,1-2H3,(H,23,25)/t21-/m0/s1. The molecule has 1 fully saturated rings. The van der Waals surface area contributed by atoms with Crippen molar-refractivity contribution in [2.24, 2.45) is 0 Å². The second-order valence-electron chi connectivity index (χ2n) is 6.77. The molecule has 1 N–H and O–H groups in total. The molecule has 0 unspecified atom stereocenters. The van der Waals surface area contributed by atoms with Crippen molar-refractivity contribution in [3.05, 3.63) is 54.1 Å². The van der Waals surface area contributed by atoms with E-state index in [1.807, 2.05) is 25.1 Å². The van der Waals surface area contributed by atoms with Crippen LogP contribution in [0.4, 0.5) is 5.69 Å². The third-order valence-electron chi connectivity index (χ3n) is 4.86. The van der Waals surface area contributed by atoms with E-state index >= 15 is 0 Å². The number of ether oxygens (including phenoxy) is 2. The molecule has 27 heavy (non-hydrogen) atoms. The van der Waals surface area contributed by atoms with Gasteiger partial charge in [0, 0.05) is 31.4 Å². The first kappa shape index (κ1) is 19.1. The van der Waals surface area contributed by atoms with Crippen molar-refractivity contribution in [3.8, 4) is 11.5 Å². The summed E-state index contributed by atoms with van der Waals surface area (Å²) in [6.45, 7) is 4.71. The quantitative estimate of drug-likeness (QED) is 0.771. The molecule has 1 aliphatic rings. The van der Waals surface area contributed by atoms with E-state index in [1.165, 1.54) is 18.5 Å². The lowest BCUT2D eigenvalue weighted by Crippen LogP contribution is -2.37. The molecule has 1 amide bonds. The summed E-state index contributed by atoms with van der Waals surface area (Å²) in [5.74, 6) is 1.23. The van der Waals surface area contributed by atoms with Crippen LogP contribution in [0.3, 0.4) is 0 Å². The van der Waals surface area contributed by atoms with Crippen LogP contribution in [0.2, 0.25) is 0 Å². The van der Waals surface area contributed by atoms with Gasteiger partial charge in [0.2, 0.25) is 0 Å². The number of benzene rings is 2. The normalized spacial score (nSPS) is 14.7. The number of methoxy groups -OCH3 is 1. The highest BCUT2D eigenvalue weighted by Gasteiger charge is 2.18. The van der Waals surface area contributed by atoms with Gasteiger partial charge in [0.05, 0.1) is 7.11 Å². The number of nitrogens with one attached hydrogen (secondary N) is 1. The molecule has 1 heterocycles. The Morgan fingerprint density at radius 1 is 1.11 bits per heavy atom. The van der Waals surface area contributed by atoms with Gasteiger partial charge in [0.25, 0.3) is 5.91 Å². The molecule has 0 aliphatic carbocycles. The minimum atomic E-state index is -0.527. The Hall–Kier alpha value is -2.69. The zero-order chi connectivity index (χ0) is 19.1. The number of carbonyl (C=O) groups excluding carboxylic acids is 1. The van der Waals surface area contributed by atoms with E-state index in [9.17, 15) is 4.79 Å². The second kappa shape index (κ2) is 9.31. The predicted octanol–water partition coefficient (Wildman–Crippen LogP) is 3.77. The van der Waals surface area contributed by atoms with Crippen molar-refractivity contribution in [2.75, 3.05) is 25.1 Å². The molecule has 0 bridgehead atoms. The molecule has 0 spiro atoms. The molecule has 2 aromatic carbocycles. The van der Waals surface area contributed by atoms with Gasteiger partial charge in [-0.15, -0.1) is 0 Å². The van der Waals surface area contributed by atoms with Crippen LogP contribution in [0.5, 0.6) is 11.5 Å². The number of anilines is 1. The van der Waals surface area contributed by atoms with Gasteiger partial charge < -0.3 is 19.7 Å². The molecule has 5 nitrogen and oxygen atoms in total. The van der Waals surface area contributed by atoms with Crippen LogP contribution in [-0.4, -0.2) is 32.2 Å². The van der Waals surface area contributed by atoms with Crippen LogP contribution in [-0.2, 0) is 11.3 Å². The Bertz CT molecular complexity index is 739. The number of hydrogen-bond acceptors (Lipinski definition) is 4. The first-order valence-corrected chi connectivity index (χ1v) is 9.62. The average molecular weight is 368 g/mol. The molecule has 1 aliphatic heterocycles. The maximum absolute atomic E-state index is 12.5. The SMILES string of the molecule is CC[C@H](Oc1cccc(OC)c1)C(=O)NCc1ccc(N2CCCC2)cc1. The topological polar surface area (TPSA) is 50.8 Å².